The molecule has 0 radical (unpaired) electrons. The van der Waals surface area contributed by atoms with Gasteiger partial charge in [-0.15, -0.1) is 0 Å². The van der Waals surface area contributed by atoms with Gasteiger partial charge in [-0.2, -0.15) is 5.10 Å². The fraction of sp³-hybridized carbons (Fsp3) is 0.0385. The predicted molar refractivity (Wildman–Crippen MR) is 121 cm³/mol. The number of benzene rings is 4. The highest BCUT2D eigenvalue weighted by Crippen LogP contribution is 2.25. The van der Waals surface area contributed by atoms with E-state index in [0.717, 1.165) is 16.3 Å². The summed E-state index contributed by atoms with van der Waals surface area (Å²) in [5.41, 5.74) is 4.35. The summed E-state index contributed by atoms with van der Waals surface area (Å²) in [6, 6.07) is 28.8. The minimum Gasteiger partial charge on any atom is -0.507 e. The van der Waals surface area contributed by atoms with Crippen LogP contribution in [0.1, 0.15) is 32.7 Å². The third kappa shape index (κ3) is 4.67. The first-order valence-electron chi connectivity index (χ1n) is 9.84. The molecule has 4 aromatic rings. The van der Waals surface area contributed by atoms with Gasteiger partial charge >= 0.3 is 0 Å². The van der Waals surface area contributed by atoms with Crippen LogP contribution in [0.25, 0.3) is 10.8 Å². The number of rotatable bonds is 6. The molecule has 0 spiro atoms. The lowest BCUT2D eigenvalue weighted by atomic mass is 10.0. The molecule has 0 heterocycles. The molecule has 152 valence electrons. The number of Topliss-reactive ketones (excluding diaryl/α,β-unsaturated/α-hetero) is 1. The van der Waals surface area contributed by atoms with Gasteiger partial charge in [-0.05, 0) is 28.5 Å². The number of hydrogen-bond donors (Lipinski definition) is 2. The Kier molecular flexibility index (Phi) is 5.85. The Bertz CT molecular complexity index is 1270. The molecule has 0 saturated carbocycles. The third-order valence-corrected chi connectivity index (χ3v) is 4.93. The average Bonchev–Trinajstić information content (AvgIpc) is 2.82. The van der Waals surface area contributed by atoms with Crippen molar-refractivity contribution < 1.29 is 14.7 Å². The molecule has 2 N–H and O–H groups in total. The Morgan fingerprint density at radius 3 is 1.94 bits per heavy atom. The number of nitrogens with zero attached hydrogens (tertiary/aromatic N) is 1. The molecule has 0 fully saturated rings. The number of amides is 1. The van der Waals surface area contributed by atoms with Gasteiger partial charge in [0, 0.05) is 5.56 Å². The number of fused-ring (bicyclic) bond motifs is 1. The van der Waals surface area contributed by atoms with Gasteiger partial charge in [-0.3, -0.25) is 9.59 Å². The minimum absolute atomic E-state index is 0.0258. The Labute approximate surface area is 179 Å². The van der Waals surface area contributed by atoms with Gasteiger partial charge in [0.05, 0.1) is 17.7 Å². The zero-order valence-corrected chi connectivity index (χ0v) is 16.7. The second-order valence-electron chi connectivity index (χ2n) is 7.05. The number of ketones is 1. The second kappa shape index (κ2) is 9.05. The van der Waals surface area contributed by atoms with E-state index in [0.29, 0.717) is 11.3 Å². The number of carbonyl (C=O) groups is 2. The van der Waals surface area contributed by atoms with E-state index in [1.165, 1.54) is 0 Å². The van der Waals surface area contributed by atoms with E-state index < -0.39 is 5.91 Å². The zero-order chi connectivity index (χ0) is 21.6. The number of hydrazone groups is 1. The van der Waals surface area contributed by atoms with E-state index in [4.69, 9.17) is 0 Å². The molecule has 31 heavy (non-hydrogen) atoms. The molecule has 0 unspecified atom stereocenters. The van der Waals surface area contributed by atoms with Crippen LogP contribution in [-0.2, 0) is 0 Å². The quantitative estimate of drug-likeness (QED) is 0.269. The molecule has 0 aliphatic heterocycles. The van der Waals surface area contributed by atoms with Gasteiger partial charge in [-0.1, -0.05) is 84.9 Å². The fourth-order valence-electron chi connectivity index (χ4n) is 3.30. The van der Waals surface area contributed by atoms with E-state index in [2.05, 4.69) is 10.5 Å². The largest absolute Gasteiger partial charge is 0.507 e. The Balaban J connectivity index is 1.61. The van der Waals surface area contributed by atoms with Crippen molar-refractivity contribution in [3.63, 3.8) is 0 Å². The maximum absolute atomic E-state index is 12.7. The third-order valence-electron chi connectivity index (χ3n) is 4.93. The Hall–Kier alpha value is -4.25. The van der Waals surface area contributed by atoms with Gasteiger partial charge in [0.15, 0.2) is 5.78 Å². The van der Waals surface area contributed by atoms with Crippen molar-refractivity contribution in [3.05, 3.63) is 114 Å². The molecule has 0 aliphatic carbocycles. The minimum atomic E-state index is -0.552. The van der Waals surface area contributed by atoms with E-state index in [9.17, 15) is 14.7 Å². The van der Waals surface area contributed by atoms with Crippen LogP contribution in [0.5, 0.6) is 5.75 Å². The first-order valence-corrected chi connectivity index (χ1v) is 9.84. The van der Waals surface area contributed by atoms with E-state index in [1.54, 1.807) is 36.4 Å². The molecule has 0 saturated heterocycles. The van der Waals surface area contributed by atoms with E-state index >= 15 is 0 Å². The van der Waals surface area contributed by atoms with Crippen molar-refractivity contribution in [3.8, 4) is 5.75 Å². The summed E-state index contributed by atoms with van der Waals surface area (Å²) in [7, 11) is 0. The summed E-state index contributed by atoms with van der Waals surface area (Å²) >= 11 is 0. The summed E-state index contributed by atoms with van der Waals surface area (Å²) in [5.74, 6) is -0.789. The number of aromatic hydroxyl groups is 1. The lowest BCUT2D eigenvalue weighted by Gasteiger charge is -2.09. The number of phenols is 1. The molecule has 0 aromatic heterocycles. The molecular formula is C26H20N2O3. The topological polar surface area (TPSA) is 78.8 Å². The summed E-state index contributed by atoms with van der Waals surface area (Å²) in [4.78, 5) is 25.4. The predicted octanol–water partition coefficient (Wildman–Crippen LogP) is 4.95. The number of carbonyl (C=O) groups excluding carboxylic acids is 2. The monoisotopic (exact) mass is 408 g/mol. The highest BCUT2D eigenvalue weighted by atomic mass is 16.3. The van der Waals surface area contributed by atoms with Gasteiger partial charge in [0.1, 0.15) is 5.75 Å². The van der Waals surface area contributed by atoms with Gasteiger partial charge in [0.25, 0.3) is 5.91 Å². The molecule has 0 bridgehead atoms. The van der Waals surface area contributed by atoms with Crippen LogP contribution < -0.4 is 5.43 Å². The van der Waals surface area contributed by atoms with Gasteiger partial charge in [-0.25, -0.2) is 5.43 Å². The maximum atomic E-state index is 12.7. The first-order chi connectivity index (χ1) is 15.1. The lowest BCUT2D eigenvalue weighted by Crippen LogP contribution is -2.21. The SMILES string of the molecule is O=C(C/C(=N/NC(=O)c1cc2ccccc2cc1O)c1ccccc1)c1ccccc1. The summed E-state index contributed by atoms with van der Waals surface area (Å²) in [6.45, 7) is 0. The van der Waals surface area contributed by atoms with Crippen molar-refractivity contribution >= 4 is 28.2 Å². The van der Waals surface area contributed by atoms with Gasteiger partial charge in [0.2, 0.25) is 0 Å². The lowest BCUT2D eigenvalue weighted by molar-refractivity contribution is 0.0948. The van der Waals surface area contributed by atoms with Crippen molar-refractivity contribution in [1.29, 1.82) is 0 Å². The van der Waals surface area contributed by atoms with Crippen LogP contribution in [0.2, 0.25) is 0 Å². The van der Waals surface area contributed by atoms with Crippen LogP contribution in [-0.4, -0.2) is 22.5 Å². The molecule has 1 amide bonds. The van der Waals surface area contributed by atoms with Crippen LogP contribution >= 0.6 is 0 Å². The highest BCUT2D eigenvalue weighted by molar-refractivity contribution is 6.16. The average molecular weight is 408 g/mol. The molecule has 4 rings (SSSR count). The van der Waals surface area contributed by atoms with E-state index in [-0.39, 0.29) is 23.5 Å². The Morgan fingerprint density at radius 2 is 1.29 bits per heavy atom. The van der Waals surface area contributed by atoms with Crippen molar-refractivity contribution in [1.82, 2.24) is 5.43 Å². The standard InChI is InChI=1S/C26H20N2O3/c29-24(19-11-5-2-6-12-19)17-23(18-9-3-1-4-10-18)27-28-26(31)22-15-20-13-7-8-14-21(20)16-25(22)30/h1-16,30H,17H2,(H,28,31)/b27-23-. The van der Waals surface area contributed by atoms with E-state index in [1.807, 2.05) is 60.7 Å². The summed E-state index contributed by atoms with van der Waals surface area (Å²) in [6.07, 6.45) is 0.0258. The van der Waals surface area contributed by atoms with Gasteiger partial charge < -0.3 is 5.11 Å². The first kappa shape index (κ1) is 20.0. The normalized spacial score (nSPS) is 11.3. The van der Waals surface area contributed by atoms with Crippen LogP contribution in [0.4, 0.5) is 0 Å². The molecule has 5 heteroatoms. The number of phenolic OH excluding ortho intramolecular Hbond substituents is 1. The molecule has 4 aromatic carbocycles. The van der Waals surface area contributed by atoms with Crippen molar-refractivity contribution in [2.45, 2.75) is 6.42 Å². The summed E-state index contributed by atoms with van der Waals surface area (Å²) < 4.78 is 0. The second-order valence-corrected chi connectivity index (χ2v) is 7.05. The highest BCUT2D eigenvalue weighted by Gasteiger charge is 2.15. The molecule has 0 aliphatic rings. The van der Waals surface area contributed by atoms with Crippen molar-refractivity contribution in [2.24, 2.45) is 5.10 Å². The Morgan fingerprint density at radius 1 is 0.742 bits per heavy atom. The number of hydrogen-bond acceptors (Lipinski definition) is 4. The summed E-state index contributed by atoms with van der Waals surface area (Å²) in [5, 5.41) is 16.2. The van der Waals surface area contributed by atoms with Crippen LogP contribution in [0, 0.1) is 0 Å². The zero-order valence-electron chi connectivity index (χ0n) is 16.7. The smallest absolute Gasteiger partial charge is 0.275 e. The van der Waals surface area contributed by atoms with Crippen LogP contribution in [0.15, 0.2) is 102 Å². The maximum Gasteiger partial charge on any atom is 0.275 e. The number of nitrogens with one attached hydrogen (secondary N) is 1. The molecular weight excluding hydrogens is 388 g/mol. The molecule has 5 nitrogen and oxygen atoms in total. The fourth-order valence-corrected chi connectivity index (χ4v) is 3.30. The van der Waals surface area contributed by atoms with Crippen LogP contribution in [0.3, 0.4) is 0 Å². The molecule has 0 atom stereocenters. The van der Waals surface area contributed by atoms with Crippen molar-refractivity contribution in [2.75, 3.05) is 0 Å².